The molecule has 0 amide bonds. The molecule has 20 rings (SSSR count). The number of hydrogen-bond donors (Lipinski definition) is 4. The first kappa shape index (κ1) is 116. The van der Waals surface area contributed by atoms with Gasteiger partial charge in [0, 0.05) is 122 Å². The van der Waals surface area contributed by atoms with Gasteiger partial charge in [-0.15, -0.1) is 20.4 Å². The number of nitrogens with zero attached hydrogens (tertiary/aromatic N) is 10. The average Bonchev–Trinajstić information content (AvgIpc) is 0.822. The van der Waals surface area contributed by atoms with Crippen molar-refractivity contribution in [3.8, 4) is 11.3 Å². The van der Waals surface area contributed by atoms with Crippen LogP contribution in [0.3, 0.4) is 0 Å². The first-order chi connectivity index (χ1) is 67.7. The topological polar surface area (TPSA) is 251 Å². The van der Waals surface area contributed by atoms with Gasteiger partial charge in [0.25, 0.3) is 6.47 Å². The van der Waals surface area contributed by atoms with Crippen molar-refractivity contribution in [3.63, 3.8) is 0 Å². The van der Waals surface area contributed by atoms with Crippen LogP contribution in [-0.4, -0.2) is 155 Å². The fourth-order valence-electron chi connectivity index (χ4n) is 15.9. The molecule has 0 radical (unpaired) electrons. The van der Waals surface area contributed by atoms with Crippen LogP contribution < -0.4 is 233 Å². The van der Waals surface area contributed by atoms with Gasteiger partial charge in [-0.1, -0.05) is 446 Å². The van der Waals surface area contributed by atoms with Gasteiger partial charge in [0.2, 0.25) is 11.9 Å². The van der Waals surface area contributed by atoms with Crippen LogP contribution in [0.2, 0.25) is 25.2 Å². The van der Waals surface area contributed by atoms with E-state index in [9.17, 15) is 0 Å². The second-order valence-corrected chi connectivity index (χ2v) is 42.4. The van der Waals surface area contributed by atoms with Crippen molar-refractivity contribution >= 4 is 196 Å². The fourth-order valence-corrected chi connectivity index (χ4v) is 26.0. The number of ether oxygens (including phenoxy) is 2. The zero-order valence-electron chi connectivity index (χ0n) is 79.3. The van der Waals surface area contributed by atoms with Gasteiger partial charge in [0.15, 0.2) is 16.8 Å². The van der Waals surface area contributed by atoms with Crippen molar-refractivity contribution in [1.82, 2.24) is 40.2 Å². The number of carbonyl (C=O) groups is 1. The van der Waals surface area contributed by atoms with E-state index in [1.54, 1.807) is 24.3 Å². The van der Waals surface area contributed by atoms with Crippen molar-refractivity contribution < 1.29 is 194 Å². The first-order valence-corrected chi connectivity index (χ1v) is 52.5. The number of piperazine rings is 2. The second kappa shape index (κ2) is 64.6. The van der Waals surface area contributed by atoms with E-state index in [4.69, 9.17) is 99.0 Å². The number of aromatic nitrogens is 6. The molecule has 0 aliphatic carbocycles. The van der Waals surface area contributed by atoms with Crippen molar-refractivity contribution in [2.45, 2.75) is 37.8 Å². The van der Waals surface area contributed by atoms with Gasteiger partial charge in [-0.25, -0.2) is 0 Å². The molecular formula is C109H108BCl5Cs2N12O7P4Pd. The Morgan fingerprint density at radius 1 is 0.340 bits per heavy atom. The molecule has 4 aliphatic rings. The molecule has 32 heteroatoms. The summed E-state index contributed by atoms with van der Waals surface area (Å²) in [5.74, 6) is 1.67. The largest absolute Gasteiger partial charge is 1.00 e. The molecule has 716 valence electrons. The van der Waals surface area contributed by atoms with Gasteiger partial charge in [0.05, 0.1) is 20.1 Å². The zero-order chi connectivity index (χ0) is 96.3. The fraction of sp³-hybridized carbons (Fsp3) is 0.165. The summed E-state index contributed by atoms with van der Waals surface area (Å²) < 4.78 is 10.9. The number of hydrogen-bond acceptors (Lipinski definition) is 19. The molecule has 19 nitrogen and oxygen atoms in total. The van der Waals surface area contributed by atoms with Gasteiger partial charge >= 0.3 is 145 Å². The van der Waals surface area contributed by atoms with Crippen molar-refractivity contribution in [2.75, 3.05) is 100 Å². The van der Waals surface area contributed by atoms with Crippen LogP contribution >= 0.6 is 89.7 Å². The molecule has 141 heavy (non-hydrogen) atoms. The number of halogens is 5. The molecular weight excluding hydrogens is 2270 g/mol. The Morgan fingerprint density at radius 2 is 0.574 bits per heavy atom. The molecule has 6 N–H and O–H groups in total. The maximum absolute atomic E-state index is 8.74. The van der Waals surface area contributed by atoms with Crippen LogP contribution in [0.4, 0.5) is 23.5 Å². The second-order valence-electron chi connectivity index (χ2n) is 31.5. The van der Waals surface area contributed by atoms with Crippen LogP contribution in [0.15, 0.2) is 400 Å². The maximum atomic E-state index is 8.74. The third-order valence-electron chi connectivity index (χ3n) is 22.6. The summed E-state index contributed by atoms with van der Waals surface area (Å²) in [6, 6.07) is 141. The van der Waals surface area contributed by atoms with Crippen molar-refractivity contribution in [2.24, 2.45) is 0 Å². The standard InChI is InChI=1S/C18H22Cl2N6O.4C18H15P.C12H19ClN6O.C6H5BCl2O2.CH2O3.2Cs.Pd.H/c19-14-3-1-2-13(15(14)20)16-17(21)22-18(24-23-16)26-8-6-25(7-9-26)12-4-10-27-11-5-12;4*1-4-10-16(11-5-1)19(17-12-6-2-7-13-17)18-14-8-3-9-15-18;13-10-11(14)15-12(17-16-10)19-5-3-18(4-6-19)9-1-7-20-8-2-9;8-5-3-1-2-4(6(5)9)7(10)11;2-1-4-3;;;;/h1-3,12H,4-11H2,(H2,21,22,24);4*1-15H;9H,1-8H2,(H2,14,15,17);1-3,10-11H;1,3H;;;;/q;;;;;;;;2*+1;;-1/p-1. The molecule has 0 atom stereocenters. The molecule has 4 aliphatic heterocycles. The number of benzene rings is 14. The number of nitrogens with two attached hydrogens (primary N) is 2. The summed E-state index contributed by atoms with van der Waals surface area (Å²) in [5.41, 5.74) is 13.1. The SMILES string of the molecule is Nc1nc(N2CCN(C3CCOCC3)CC2)nnc1-c1cccc(Cl)c1Cl.Nc1nc(N2CCN(C3CCOCC3)CC2)nnc1Cl.O=CO[O-].OB(O)c1cccc(Cl)c1Cl.[Cs+].[Cs+].[H-].[Pd].c1ccc(P(c2ccccc2)c2ccccc2)cc1.c1ccc(P(c2ccccc2)c2ccccc2)cc1.c1ccc(P(c2ccccc2)c2ccccc2)cc1.c1ccc(P(c2ccccc2)c2ccccc2)cc1. The van der Waals surface area contributed by atoms with Gasteiger partial charge in [0.1, 0.15) is 5.69 Å². The first-order valence-electron chi connectivity index (χ1n) is 45.3. The van der Waals surface area contributed by atoms with Gasteiger partial charge < -0.3 is 52.4 Å². The predicted octanol–water partition coefficient (Wildman–Crippen LogP) is 10.1. The van der Waals surface area contributed by atoms with E-state index in [-0.39, 0.29) is 188 Å². The maximum Gasteiger partial charge on any atom is 1.00 e. The van der Waals surface area contributed by atoms with Gasteiger partial charge in [-0.05, 0) is 133 Å². The van der Waals surface area contributed by atoms with E-state index in [1.807, 2.05) is 6.07 Å². The zero-order valence-corrected chi connectivity index (χ0v) is 99.8. The number of anilines is 4. The molecule has 0 spiro atoms. The molecule has 2 aromatic heterocycles. The van der Waals surface area contributed by atoms with Crippen LogP contribution in [0.25, 0.3) is 11.3 Å². The Hall–Kier alpha value is -6.51. The molecule has 14 aromatic carbocycles. The Labute approximate surface area is 990 Å². The van der Waals surface area contributed by atoms with Crippen LogP contribution in [0.1, 0.15) is 27.1 Å². The Bertz CT molecular complexity index is 5390. The van der Waals surface area contributed by atoms with Gasteiger partial charge in [-0.3, -0.25) is 14.6 Å². The number of nitrogen functional groups attached to an aromatic ring is 2. The third-order valence-corrected chi connectivity index (χ3v) is 34.3. The minimum Gasteiger partial charge on any atom is -1.00 e. The van der Waals surface area contributed by atoms with Crippen molar-refractivity contribution in [3.05, 3.63) is 426 Å². The average molecular weight is 2380 g/mol. The summed E-state index contributed by atoms with van der Waals surface area (Å²) >= 11 is 29.3. The van der Waals surface area contributed by atoms with Crippen LogP contribution in [0.5, 0.6) is 0 Å². The van der Waals surface area contributed by atoms with E-state index < -0.39 is 38.8 Å². The van der Waals surface area contributed by atoms with E-state index in [1.165, 1.54) is 69.7 Å². The summed E-state index contributed by atoms with van der Waals surface area (Å²) in [7, 11) is -3.35. The third kappa shape index (κ3) is 36.2. The predicted molar refractivity (Wildman–Crippen MR) is 579 cm³/mol. The molecule has 16 aromatic rings. The van der Waals surface area contributed by atoms with E-state index in [0.29, 0.717) is 56.1 Å². The monoisotopic (exact) mass is 2380 g/mol. The molecule has 0 bridgehead atoms. The van der Waals surface area contributed by atoms with Crippen LogP contribution in [0, 0.1) is 0 Å². The Balaban J connectivity index is 0.000000184. The Kier molecular flexibility index (Phi) is 53.3. The smallest absolute Gasteiger partial charge is 1.00 e. The van der Waals surface area contributed by atoms with Crippen LogP contribution in [-0.2, 0) is 39.6 Å². The number of rotatable bonds is 19. The Morgan fingerprint density at radius 3 is 0.801 bits per heavy atom. The molecule has 6 heterocycles. The van der Waals surface area contributed by atoms with Gasteiger partial charge in [-0.2, -0.15) is 9.97 Å². The van der Waals surface area contributed by atoms with E-state index >= 15 is 0 Å². The number of carbonyl (C=O) groups excluding carboxylic acids is 1. The summed E-state index contributed by atoms with van der Waals surface area (Å²) in [4.78, 5) is 29.2. The summed E-state index contributed by atoms with van der Waals surface area (Å²) in [5, 5.41) is 60.6. The molecule has 4 saturated heterocycles. The summed E-state index contributed by atoms with van der Waals surface area (Å²) in [6.45, 7) is 10.8. The van der Waals surface area contributed by atoms with E-state index in [2.05, 4.69) is 419 Å². The minimum atomic E-state index is -1.57. The molecule has 4 fully saturated rings. The quantitative estimate of drug-likeness (QED) is 0.0193. The minimum absolute atomic E-state index is 0. The van der Waals surface area contributed by atoms with E-state index in [0.717, 1.165) is 104 Å². The molecule has 0 saturated carbocycles. The molecule has 0 unspecified atom stereocenters. The normalized spacial score (nSPS) is 13.5. The van der Waals surface area contributed by atoms with Crippen molar-refractivity contribution in [1.29, 1.82) is 0 Å². The summed E-state index contributed by atoms with van der Waals surface area (Å²) in [6.07, 6.45) is 4.48.